The summed E-state index contributed by atoms with van der Waals surface area (Å²) < 4.78 is 36.8. The van der Waals surface area contributed by atoms with Crippen molar-refractivity contribution >= 4 is 0 Å². The van der Waals surface area contributed by atoms with E-state index in [4.69, 9.17) is 0 Å². The van der Waals surface area contributed by atoms with Crippen LogP contribution in [0.3, 0.4) is 0 Å². The molecule has 7 heteroatoms. The average molecular weight is 223 g/mol. The molecule has 0 aliphatic carbocycles. The topological polar surface area (TPSA) is 39.1 Å². The largest absolute Gasteiger partial charge is 0.413 e. The Kier molecular flexibility index (Phi) is 3.70. The molecule has 1 unspecified atom stereocenters. The van der Waals surface area contributed by atoms with E-state index >= 15 is 0 Å². The predicted molar refractivity (Wildman–Crippen MR) is 46.8 cm³/mol. The molecular weight excluding hydrogens is 211 g/mol. The zero-order valence-electron chi connectivity index (χ0n) is 8.38. The van der Waals surface area contributed by atoms with Crippen LogP contribution in [0.1, 0.15) is 18.7 Å². The Balaban J connectivity index is 2.37. The van der Waals surface area contributed by atoms with Gasteiger partial charge < -0.3 is 0 Å². The van der Waals surface area contributed by atoms with E-state index in [1.165, 1.54) is 0 Å². The van der Waals surface area contributed by atoms with Gasteiger partial charge in [0.25, 0.3) is 0 Å². The molecule has 0 spiro atoms. The highest BCUT2D eigenvalue weighted by atomic mass is 19.4. The van der Waals surface area contributed by atoms with Crippen LogP contribution in [0.4, 0.5) is 13.2 Å². The summed E-state index contributed by atoms with van der Waals surface area (Å²) >= 11 is 0. The molecule has 0 aliphatic heterocycles. The van der Waals surface area contributed by atoms with Crippen LogP contribution in [-0.4, -0.2) is 22.6 Å². The first-order valence-corrected chi connectivity index (χ1v) is 4.32. The fourth-order valence-corrected chi connectivity index (χ4v) is 1.12. The van der Waals surface area contributed by atoms with Crippen molar-refractivity contribution in [1.29, 1.82) is 0 Å². The molecule has 15 heavy (non-hydrogen) atoms. The number of aryl methyl sites for hydroxylation is 1. The summed E-state index contributed by atoms with van der Waals surface area (Å²) in [6.45, 7) is 0.378. The lowest BCUT2D eigenvalue weighted by Crippen LogP contribution is -2.27. The molecule has 1 rings (SSSR count). The van der Waals surface area contributed by atoms with Gasteiger partial charge in [0, 0.05) is 13.2 Å². The smallest absolute Gasteiger partial charge is 0.292 e. The van der Waals surface area contributed by atoms with Crippen molar-refractivity contribution in [2.45, 2.75) is 19.1 Å². The summed E-state index contributed by atoms with van der Waals surface area (Å²) in [7, 11) is 1.71. The molecule has 0 radical (unpaired) electrons. The first-order chi connectivity index (χ1) is 6.90. The number of nitrogens with one attached hydrogen (secondary N) is 1. The molecule has 1 atom stereocenters. The lowest BCUT2D eigenvalue weighted by atomic mass is 10.2. The van der Waals surface area contributed by atoms with E-state index in [0.717, 1.165) is 5.69 Å². The minimum absolute atomic E-state index is 0.347. The normalized spacial score (nSPS) is 14.2. The Labute approximate surface area is 85.0 Å². The molecule has 0 saturated carbocycles. The third-order valence-electron chi connectivity index (χ3n) is 1.80. The van der Waals surface area contributed by atoms with Crippen molar-refractivity contribution < 1.29 is 18.0 Å². The molecule has 0 saturated heterocycles. The van der Waals surface area contributed by atoms with Crippen LogP contribution in [0.2, 0.25) is 0 Å². The first-order valence-electron chi connectivity index (χ1n) is 4.32. The fraction of sp³-hybridized carbons (Fsp3) is 0.625. The van der Waals surface area contributed by atoms with E-state index in [0.29, 0.717) is 0 Å². The Bertz CT molecular complexity index is 310. The molecule has 0 aromatic carbocycles. The molecule has 1 aromatic rings. The van der Waals surface area contributed by atoms with Crippen LogP contribution in [0.25, 0.3) is 0 Å². The molecule has 0 bridgehead atoms. The number of hydrogen-bond acceptors (Lipinski definition) is 3. The van der Waals surface area contributed by atoms with Gasteiger partial charge in [-0.2, -0.15) is 23.8 Å². The summed E-state index contributed by atoms with van der Waals surface area (Å²) in [5.74, 6) is 0. The monoisotopic (exact) mass is 223 g/mol. The van der Waals surface area contributed by atoms with Crippen molar-refractivity contribution in [2.24, 2.45) is 7.05 Å². The summed E-state index contributed by atoms with van der Waals surface area (Å²) in [6, 6.07) is 1.36. The minimum atomic E-state index is -4.32. The van der Waals surface area contributed by atoms with E-state index in [9.17, 15) is 13.2 Å². The van der Waals surface area contributed by atoms with Gasteiger partial charge in [-0.3, -0.25) is 9.52 Å². The van der Waals surface area contributed by atoms with Gasteiger partial charge in [-0.25, -0.2) is 0 Å². The maximum atomic E-state index is 11.7. The Morgan fingerprint density at radius 2 is 2.27 bits per heavy atom. The van der Waals surface area contributed by atoms with Crippen molar-refractivity contribution in [3.63, 3.8) is 0 Å². The van der Waals surface area contributed by atoms with Crippen LogP contribution >= 0.6 is 0 Å². The third-order valence-corrected chi connectivity index (χ3v) is 1.80. The molecule has 1 aromatic heterocycles. The quantitative estimate of drug-likeness (QED) is 0.787. The second kappa shape index (κ2) is 4.63. The van der Waals surface area contributed by atoms with Gasteiger partial charge in [0.2, 0.25) is 0 Å². The van der Waals surface area contributed by atoms with Crippen LogP contribution in [-0.2, 0) is 11.9 Å². The van der Waals surface area contributed by atoms with E-state index in [-0.39, 0.29) is 6.04 Å². The number of hydroxylamine groups is 1. The third kappa shape index (κ3) is 3.88. The number of halogens is 3. The zero-order valence-corrected chi connectivity index (χ0v) is 8.38. The van der Waals surface area contributed by atoms with Crippen LogP contribution in [0.15, 0.2) is 12.3 Å². The molecule has 1 N–H and O–H groups in total. The first kappa shape index (κ1) is 12.0. The lowest BCUT2D eigenvalue weighted by molar-refractivity contribution is -0.192. The van der Waals surface area contributed by atoms with Crippen molar-refractivity contribution in [3.05, 3.63) is 18.0 Å². The summed E-state index contributed by atoms with van der Waals surface area (Å²) in [4.78, 5) is 4.32. The lowest BCUT2D eigenvalue weighted by Gasteiger charge is -2.14. The summed E-state index contributed by atoms with van der Waals surface area (Å²) in [6.07, 6.45) is -2.75. The van der Waals surface area contributed by atoms with Gasteiger partial charge in [0.05, 0.1) is 11.7 Å². The van der Waals surface area contributed by atoms with Crippen molar-refractivity contribution in [3.8, 4) is 0 Å². The Morgan fingerprint density at radius 1 is 1.60 bits per heavy atom. The Hall–Kier alpha value is -1.08. The van der Waals surface area contributed by atoms with Gasteiger partial charge in [0.15, 0.2) is 6.61 Å². The molecule has 0 fully saturated rings. The average Bonchev–Trinajstić information content (AvgIpc) is 2.48. The molecule has 0 aliphatic rings. The SMILES string of the molecule is CC(NOCC(F)(F)F)c1ccnn1C. The second-order valence-corrected chi connectivity index (χ2v) is 3.12. The zero-order chi connectivity index (χ0) is 11.5. The number of rotatable bonds is 4. The molecule has 0 amide bonds. The number of aromatic nitrogens is 2. The van der Waals surface area contributed by atoms with Crippen LogP contribution < -0.4 is 5.48 Å². The number of nitrogens with zero attached hydrogens (tertiary/aromatic N) is 2. The fourth-order valence-electron chi connectivity index (χ4n) is 1.12. The van der Waals surface area contributed by atoms with Gasteiger partial charge in [-0.1, -0.05) is 0 Å². The Morgan fingerprint density at radius 3 is 2.73 bits per heavy atom. The highest BCUT2D eigenvalue weighted by Crippen LogP contribution is 2.15. The maximum Gasteiger partial charge on any atom is 0.413 e. The molecule has 1 heterocycles. The van der Waals surface area contributed by atoms with Crippen LogP contribution in [0, 0.1) is 0 Å². The van der Waals surface area contributed by atoms with Gasteiger partial charge in [0.1, 0.15) is 0 Å². The van der Waals surface area contributed by atoms with Crippen molar-refractivity contribution in [2.75, 3.05) is 6.61 Å². The summed E-state index contributed by atoms with van der Waals surface area (Å²) in [5, 5.41) is 3.89. The minimum Gasteiger partial charge on any atom is -0.292 e. The standard InChI is InChI=1S/C8H12F3N3O/c1-6(7-3-4-12-14(7)2)13-15-5-8(9,10)11/h3-4,6,13H,5H2,1-2H3. The van der Waals surface area contributed by atoms with E-state index in [1.54, 1.807) is 30.9 Å². The molecule has 86 valence electrons. The van der Waals surface area contributed by atoms with E-state index < -0.39 is 12.8 Å². The van der Waals surface area contributed by atoms with E-state index in [1.807, 2.05) is 0 Å². The maximum absolute atomic E-state index is 11.7. The number of alkyl halides is 3. The molecular formula is C8H12F3N3O. The van der Waals surface area contributed by atoms with Gasteiger partial charge >= 0.3 is 6.18 Å². The van der Waals surface area contributed by atoms with Gasteiger partial charge in [-0.15, -0.1) is 0 Å². The van der Waals surface area contributed by atoms with Crippen LogP contribution in [0.5, 0.6) is 0 Å². The second-order valence-electron chi connectivity index (χ2n) is 3.12. The summed E-state index contributed by atoms with van der Waals surface area (Å²) in [5.41, 5.74) is 3.05. The highest BCUT2D eigenvalue weighted by molar-refractivity contribution is 5.04. The van der Waals surface area contributed by atoms with Crippen molar-refractivity contribution in [1.82, 2.24) is 15.3 Å². The van der Waals surface area contributed by atoms with E-state index in [2.05, 4.69) is 15.4 Å². The highest BCUT2D eigenvalue weighted by Gasteiger charge is 2.28. The van der Waals surface area contributed by atoms with Gasteiger partial charge in [-0.05, 0) is 13.0 Å². The molecule has 4 nitrogen and oxygen atoms in total. The predicted octanol–water partition coefficient (Wildman–Crippen LogP) is 1.56. The number of hydrogen-bond donors (Lipinski definition) is 1.